The Kier molecular flexibility index (Phi) is 5.08. The molecule has 0 spiro atoms. The highest BCUT2D eigenvalue weighted by Crippen LogP contribution is 2.35. The highest BCUT2D eigenvalue weighted by Gasteiger charge is 2.32. The predicted molar refractivity (Wildman–Crippen MR) is 79.1 cm³/mol. The molecular weight excluding hydrogens is 242 g/mol. The summed E-state index contributed by atoms with van der Waals surface area (Å²) in [7, 11) is 0. The minimum atomic E-state index is 0. The van der Waals surface area contributed by atoms with Crippen molar-refractivity contribution in [3.63, 3.8) is 0 Å². The van der Waals surface area contributed by atoms with Gasteiger partial charge in [0.05, 0.1) is 0 Å². The summed E-state index contributed by atoms with van der Waals surface area (Å²) in [5, 5.41) is 0. The zero-order chi connectivity index (χ0) is 11.5. The molecule has 1 saturated heterocycles. The summed E-state index contributed by atoms with van der Waals surface area (Å²) in [5.41, 5.74) is 1.48. The van der Waals surface area contributed by atoms with Crippen LogP contribution in [0.25, 0.3) is 0 Å². The fourth-order valence-corrected chi connectivity index (χ4v) is 3.74. The highest BCUT2D eigenvalue weighted by atomic mass is 35.5. The van der Waals surface area contributed by atoms with E-state index in [1.54, 1.807) is 0 Å². The van der Waals surface area contributed by atoms with Crippen LogP contribution in [0, 0.1) is 5.92 Å². The van der Waals surface area contributed by atoms with Gasteiger partial charge in [0, 0.05) is 12.6 Å². The molecule has 1 nitrogen and oxygen atoms in total. The van der Waals surface area contributed by atoms with Crippen LogP contribution in [0.3, 0.4) is 0 Å². The lowest BCUT2D eigenvalue weighted by Crippen LogP contribution is -2.46. The number of halogens is 1. The minimum absolute atomic E-state index is 0. The standard InChI is InChI=1S/C16H23N.ClH/c1-2-7-14(8-3-1)13-17-12-6-10-15-9-4-5-11-16(15)17;/h1-3,7-8,15-16H,4-6,9-13H2;1H. The number of hydrogen-bond acceptors (Lipinski definition) is 1. The van der Waals surface area contributed by atoms with Crippen LogP contribution in [0.5, 0.6) is 0 Å². The smallest absolute Gasteiger partial charge is 0.0236 e. The van der Waals surface area contributed by atoms with E-state index >= 15 is 0 Å². The molecular formula is C16H24ClN. The van der Waals surface area contributed by atoms with E-state index in [4.69, 9.17) is 0 Å². The van der Waals surface area contributed by atoms with Gasteiger partial charge in [-0.1, -0.05) is 43.2 Å². The largest absolute Gasteiger partial charge is 0.296 e. The lowest BCUT2D eigenvalue weighted by atomic mass is 9.78. The summed E-state index contributed by atoms with van der Waals surface area (Å²) in [5.74, 6) is 1.00. The molecule has 0 amide bonds. The van der Waals surface area contributed by atoms with E-state index in [1.165, 1.54) is 57.2 Å². The normalized spacial score (nSPS) is 28.2. The van der Waals surface area contributed by atoms with E-state index in [1.807, 2.05) is 0 Å². The number of rotatable bonds is 2. The van der Waals surface area contributed by atoms with Crippen molar-refractivity contribution in [3.8, 4) is 0 Å². The number of likely N-dealkylation sites (tertiary alicyclic amines) is 1. The third-order valence-corrected chi connectivity index (χ3v) is 4.59. The third-order valence-electron chi connectivity index (χ3n) is 4.59. The van der Waals surface area contributed by atoms with Crippen LogP contribution in [0.2, 0.25) is 0 Å². The molecule has 3 rings (SSSR count). The van der Waals surface area contributed by atoms with Crippen LogP contribution < -0.4 is 0 Å². The first kappa shape index (κ1) is 13.9. The number of fused-ring (bicyclic) bond motifs is 1. The second kappa shape index (κ2) is 6.58. The van der Waals surface area contributed by atoms with Gasteiger partial charge in [0.15, 0.2) is 0 Å². The molecule has 1 aliphatic carbocycles. The van der Waals surface area contributed by atoms with Crippen LogP contribution in [0.4, 0.5) is 0 Å². The predicted octanol–water partition coefficient (Wildman–Crippen LogP) is 4.26. The van der Waals surface area contributed by atoms with Crippen molar-refractivity contribution in [2.45, 2.75) is 51.1 Å². The average Bonchev–Trinajstić information content (AvgIpc) is 2.40. The molecule has 1 aromatic carbocycles. The van der Waals surface area contributed by atoms with E-state index in [9.17, 15) is 0 Å². The molecule has 1 heterocycles. The third kappa shape index (κ3) is 3.07. The molecule has 2 fully saturated rings. The Morgan fingerprint density at radius 3 is 2.50 bits per heavy atom. The molecule has 2 aliphatic rings. The molecule has 1 aromatic rings. The van der Waals surface area contributed by atoms with Gasteiger partial charge in [-0.25, -0.2) is 0 Å². The van der Waals surface area contributed by atoms with Gasteiger partial charge >= 0.3 is 0 Å². The molecule has 0 aromatic heterocycles. The van der Waals surface area contributed by atoms with Gasteiger partial charge in [0.25, 0.3) is 0 Å². The molecule has 0 N–H and O–H groups in total. The first-order valence-electron chi connectivity index (χ1n) is 7.21. The monoisotopic (exact) mass is 265 g/mol. The lowest BCUT2D eigenvalue weighted by molar-refractivity contribution is 0.0547. The van der Waals surface area contributed by atoms with Crippen molar-refractivity contribution in [2.24, 2.45) is 5.92 Å². The summed E-state index contributed by atoms with van der Waals surface area (Å²) in [6.07, 6.45) is 8.74. The Morgan fingerprint density at radius 1 is 0.944 bits per heavy atom. The maximum atomic E-state index is 2.75. The molecule has 18 heavy (non-hydrogen) atoms. The molecule has 2 heteroatoms. The molecule has 0 radical (unpaired) electrons. The van der Waals surface area contributed by atoms with Gasteiger partial charge in [-0.2, -0.15) is 0 Å². The van der Waals surface area contributed by atoms with Crippen molar-refractivity contribution in [2.75, 3.05) is 6.54 Å². The zero-order valence-corrected chi connectivity index (χ0v) is 11.9. The van der Waals surface area contributed by atoms with Gasteiger partial charge in [0.2, 0.25) is 0 Å². The van der Waals surface area contributed by atoms with Gasteiger partial charge in [-0.15, -0.1) is 12.4 Å². The first-order chi connectivity index (χ1) is 8.43. The lowest BCUT2D eigenvalue weighted by Gasteiger charge is -2.44. The number of hydrogen-bond donors (Lipinski definition) is 0. The van der Waals surface area contributed by atoms with Crippen LogP contribution in [-0.2, 0) is 6.54 Å². The summed E-state index contributed by atoms with van der Waals surface area (Å²) in [4.78, 5) is 2.75. The second-order valence-corrected chi connectivity index (χ2v) is 5.71. The van der Waals surface area contributed by atoms with Crippen molar-refractivity contribution in [1.29, 1.82) is 0 Å². The first-order valence-corrected chi connectivity index (χ1v) is 7.21. The average molecular weight is 266 g/mol. The number of nitrogens with zero attached hydrogens (tertiary/aromatic N) is 1. The molecule has 2 unspecified atom stereocenters. The Balaban J connectivity index is 0.00000120. The zero-order valence-electron chi connectivity index (χ0n) is 11.1. The van der Waals surface area contributed by atoms with E-state index < -0.39 is 0 Å². The van der Waals surface area contributed by atoms with Crippen LogP contribution in [-0.4, -0.2) is 17.5 Å². The molecule has 1 aliphatic heterocycles. The van der Waals surface area contributed by atoms with Crippen molar-refractivity contribution in [3.05, 3.63) is 35.9 Å². The summed E-state index contributed by atoms with van der Waals surface area (Å²) >= 11 is 0. The number of piperidine rings is 1. The van der Waals surface area contributed by atoms with Crippen molar-refractivity contribution in [1.82, 2.24) is 4.90 Å². The topological polar surface area (TPSA) is 3.24 Å². The maximum absolute atomic E-state index is 2.75. The Morgan fingerprint density at radius 2 is 1.67 bits per heavy atom. The Hall–Kier alpha value is -0.530. The van der Waals surface area contributed by atoms with Crippen molar-refractivity contribution >= 4 is 12.4 Å². The fourth-order valence-electron chi connectivity index (χ4n) is 3.74. The summed E-state index contributed by atoms with van der Waals surface area (Å²) in [6.45, 7) is 2.48. The quantitative estimate of drug-likeness (QED) is 0.772. The second-order valence-electron chi connectivity index (χ2n) is 5.71. The Bertz CT molecular complexity index is 349. The molecule has 100 valence electrons. The maximum Gasteiger partial charge on any atom is 0.0236 e. The minimum Gasteiger partial charge on any atom is -0.296 e. The van der Waals surface area contributed by atoms with Crippen LogP contribution in [0.15, 0.2) is 30.3 Å². The van der Waals surface area contributed by atoms with Gasteiger partial charge in [-0.3, -0.25) is 4.90 Å². The highest BCUT2D eigenvalue weighted by molar-refractivity contribution is 5.85. The van der Waals surface area contributed by atoms with E-state index in [-0.39, 0.29) is 12.4 Å². The number of benzene rings is 1. The van der Waals surface area contributed by atoms with Crippen LogP contribution in [0.1, 0.15) is 44.1 Å². The van der Waals surface area contributed by atoms with Crippen LogP contribution >= 0.6 is 12.4 Å². The van der Waals surface area contributed by atoms with Gasteiger partial charge < -0.3 is 0 Å². The van der Waals surface area contributed by atoms with E-state index in [0.29, 0.717) is 0 Å². The van der Waals surface area contributed by atoms with E-state index in [0.717, 1.165) is 12.0 Å². The SMILES string of the molecule is Cl.c1ccc(CN2CCCC3CCCCC32)cc1. The molecule has 0 bridgehead atoms. The Labute approximate surface area is 117 Å². The fraction of sp³-hybridized carbons (Fsp3) is 0.625. The summed E-state index contributed by atoms with van der Waals surface area (Å²) in [6, 6.07) is 11.9. The molecule has 2 atom stereocenters. The molecule has 1 saturated carbocycles. The van der Waals surface area contributed by atoms with Crippen molar-refractivity contribution < 1.29 is 0 Å². The van der Waals surface area contributed by atoms with Gasteiger partial charge in [-0.05, 0) is 43.7 Å². The van der Waals surface area contributed by atoms with Gasteiger partial charge in [0.1, 0.15) is 0 Å². The van der Waals surface area contributed by atoms with E-state index in [2.05, 4.69) is 35.2 Å². The summed E-state index contributed by atoms with van der Waals surface area (Å²) < 4.78 is 0.